The van der Waals surface area contributed by atoms with E-state index in [-0.39, 0.29) is 5.82 Å². The fourth-order valence-corrected chi connectivity index (χ4v) is 2.07. The lowest BCUT2D eigenvalue weighted by molar-refractivity contribution is -0.141. The third kappa shape index (κ3) is 3.27. The molecule has 4 nitrogen and oxygen atoms in total. The minimum atomic E-state index is -4.53. The van der Waals surface area contributed by atoms with E-state index in [4.69, 9.17) is 4.74 Å². The van der Waals surface area contributed by atoms with E-state index < -0.39 is 11.9 Å². The van der Waals surface area contributed by atoms with E-state index in [0.29, 0.717) is 17.0 Å². The Morgan fingerprint density at radius 2 is 1.83 bits per heavy atom. The molecule has 0 aliphatic heterocycles. The number of ether oxygens (including phenoxy) is 1. The van der Waals surface area contributed by atoms with E-state index in [9.17, 15) is 13.2 Å². The van der Waals surface area contributed by atoms with Gasteiger partial charge in [-0.15, -0.1) is 0 Å². The first-order valence-corrected chi connectivity index (χ1v) is 6.83. The van der Waals surface area contributed by atoms with Crippen molar-refractivity contribution in [2.24, 2.45) is 0 Å². The molecule has 3 rings (SSSR count). The quantitative estimate of drug-likeness (QED) is 0.642. The Labute approximate surface area is 135 Å². The maximum atomic E-state index is 12.6. The number of fused-ring (bicyclic) bond motifs is 1. The molecule has 2 heterocycles. The highest BCUT2D eigenvalue weighted by atomic mass is 19.4. The lowest BCUT2D eigenvalue weighted by atomic mass is 10.2. The molecule has 0 saturated carbocycles. The van der Waals surface area contributed by atoms with Crippen molar-refractivity contribution in [1.82, 2.24) is 15.0 Å². The normalized spacial score (nSPS) is 11.0. The molecule has 2 aromatic heterocycles. The molecule has 1 aromatic carbocycles. The molecule has 0 atom stereocenters. The van der Waals surface area contributed by atoms with Crippen molar-refractivity contribution < 1.29 is 17.9 Å². The maximum absolute atomic E-state index is 12.6. The first-order chi connectivity index (χ1) is 11.5. The molecule has 0 radical (unpaired) electrons. The van der Waals surface area contributed by atoms with Gasteiger partial charge in [0.25, 0.3) is 0 Å². The second-order valence-electron chi connectivity index (χ2n) is 4.74. The number of alkyl halides is 3. The third-order valence-corrected chi connectivity index (χ3v) is 3.16. The molecule has 0 amide bonds. The molecular weight excluding hydrogens is 319 g/mol. The number of hydrogen-bond acceptors (Lipinski definition) is 4. The molecule has 24 heavy (non-hydrogen) atoms. The van der Waals surface area contributed by atoms with Gasteiger partial charge in [-0.3, -0.25) is 0 Å². The highest BCUT2D eigenvalue weighted by Gasteiger charge is 2.32. The monoisotopic (exact) mass is 329 g/mol. The summed E-state index contributed by atoms with van der Waals surface area (Å²) in [5.41, 5.74) is 0.0425. The van der Waals surface area contributed by atoms with Crippen LogP contribution < -0.4 is 4.74 Å². The molecule has 0 spiro atoms. The van der Waals surface area contributed by atoms with Crippen molar-refractivity contribution in [1.29, 1.82) is 0 Å². The second kappa shape index (κ2) is 6.16. The predicted octanol–water partition coefficient (Wildman–Crippen LogP) is 3.45. The van der Waals surface area contributed by atoms with E-state index >= 15 is 0 Å². The summed E-state index contributed by atoms with van der Waals surface area (Å²) >= 11 is 0. The molecule has 0 fully saturated rings. The Morgan fingerprint density at radius 3 is 2.58 bits per heavy atom. The van der Waals surface area contributed by atoms with Crippen LogP contribution in [0.2, 0.25) is 0 Å². The molecule has 0 unspecified atom stereocenters. The van der Waals surface area contributed by atoms with Gasteiger partial charge in [-0.1, -0.05) is 6.07 Å². The molecule has 7 heteroatoms. The molecule has 120 valence electrons. The van der Waals surface area contributed by atoms with Crippen molar-refractivity contribution in [2.75, 3.05) is 7.11 Å². The van der Waals surface area contributed by atoms with E-state index in [1.54, 1.807) is 31.4 Å². The number of nitrogens with zero attached hydrogens (tertiary/aromatic N) is 3. The Hall–Kier alpha value is -3.14. The number of halogens is 3. The van der Waals surface area contributed by atoms with Crippen LogP contribution in [-0.4, -0.2) is 22.1 Å². The number of hydrogen-bond donors (Lipinski definition) is 0. The summed E-state index contributed by atoms with van der Waals surface area (Å²) in [5, 5.41) is 0.820. The van der Waals surface area contributed by atoms with Gasteiger partial charge in [-0.05, 0) is 42.2 Å². The molecule has 0 aliphatic rings. The molecular formula is C17H10F3N3O. The average molecular weight is 329 g/mol. The van der Waals surface area contributed by atoms with Crippen LogP contribution in [0.3, 0.4) is 0 Å². The van der Waals surface area contributed by atoms with Gasteiger partial charge in [0.05, 0.1) is 12.6 Å². The summed E-state index contributed by atoms with van der Waals surface area (Å²) in [7, 11) is 1.56. The first kappa shape index (κ1) is 15.7. The lowest BCUT2D eigenvalue weighted by Gasteiger charge is -2.04. The van der Waals surface area contributed by atoms with E-state index in [1.165, 1.54) is 0 Å². The first-order valence-electron chi connectivity index (χ1n) is 6.83. The van der Waals surface area contributed by atoms with Crippen LogP contribution in [0.1, 0.15) is 17.2 Å². The number of aromatic nitrogens is 3. The van der Waals surface area contributed by atoms with Gasteiger partial charge in [0.2, 0.25) is 5.82 Å². The van der Waals surface area contributed by atoms with Gasteiger partial charge >= 0.3 is 6.18 Å². The van der Waals surface area contributed by atoms with Crippen molar-refractivity contribution in [2.45, 2.75) is 6.18 Å². The molecule has 0 bridgehead atoms. The Kier molecular flexibility index (Phi) is 4.04. The molecule has 0 N–H and O–H groups in total. The van der Waals surface area contributed by atoms with Crippen LogP contribution in [0.5, 0.6) is 5.75 Å². The average Bonchev–Trinajstić information content (AvgIpc) is 2.58. The zero-order valence-electron chi connectivity index (χ0n) is 12.4. The number of benzene rings is 1. The number of pyridine rings is 1. The third-order valence-electron chi connectivity index (χ3n) is 3.16. The van der Waals surface area contributed by atoms with Gasteiger partial charge < -0.3 is 4.74 Å². The van der Waals surface area contributed by atoms with Gasteiger partial charge in [-0.25, -0.2) is 15.0 Å². The Bertz CT molecular complexity index is 958. The summed E-state index contributed by atoms with van der Waals surface area (Å²) in [6.07, 6.45) is -3.50. The van der Waals surface area contributed by atoms with Crippen LogP contribution >= 0.6 is 0 Å². The standard InChI is InChI=1S/C17H10F3N3O/c1-24-14-4-2-3-13-12(14)7-5-11(22-13)6-8-16-21-10-9-15(23-16)17(18,19)20/h2-5,7,9-10H,1H3. The van der Waals surface area contributed by atoms with Crippen molar-refractivity contribution in [3.8, 4) is 17.6 Å². The van der Waals surface area contributed by atoms with Crippen LogP contribution in [-0.2, 0) is 6.18 Å². The van der Waals surface area contributed by atoms with Crippen LogP contribution in [0.4, 0.5) is 13.2 Å². The van der Waals surface area contributed by atoms with Gasteiger partial charge in [0, 0.05) is 11.6 Å². The topological polar surface area (TPSA) is 47.9 Å². The Balaban J connectivity index is 1.95. The van der Waals surface area contributed by atoms with E-state index in [1.807, 2.05) is 6.07 Å². The highest BCUT2D eigenvalue weighted by Crippen LogP contribution is 2.27. The fourth-order valence-electron chi connectivity index (χ4n) is 2.07. The van der Waals surface area contributed by atoms with Crippen LogP contribution in [0.25, 0.3) is 10.9 Å². The summed E-state index contributed by atoms with van der Waals surface area (Å²) in [6, 6.07) is 9.65. The smallest absolute Gasteiger partial charge is 0.433 e. The SMILES string of the molecule is COc1cccc2nc(C#Cc3nccc(C(F)(F)F)n3)ccc12. The largest absolute Gasteiger partial charge is 0.496 e. The van der Waals surface area contributed by atoms with E-state index in [2.05, 4.69) is 26.8 Å². The van der Waals surface area contributed by atoms with Gasteiger partial charge in [-0.2, -0.15) is 13.2 Å². The second-order valence-corrected chi connectivity index (χ2v) is 4.74. The lowest BCUT2D eigenvalue weighted by Crippen LogP contribution is -2.09. The van der Waals surface area contributed by atoms with Gasteiger partial charge in [0.1, 0.15) is 17.1 Å². The van der Waals surface area contributed by atoms with Crippen LogP contribution in [0.15, 0.2) is 42.6 Å². The number of rotatable bonds is 1. The predicted molar refractivity (Wildman–Crippen MR) is 81.3 cm³/mol. The van der Waals surface area contributed by atoms with Crippen molar-refractivity contribution >= 4 is 10.9 Å². The highest BCUT2D eigenvalue weighted by molar-refractivity contribution is 5.85. The fraction of sp³-hybridized carbons (Fsp3) is 0.118. The summed E-state index contributed by atoms with van der Waals surface area (Å²) in [4.78, 5) is 11.5. The van der Waals surface area contributed by atoms with Crippen molar-refractivity contribution in [3.63, 3.8) is 0 Å². The summed E-state index contributed by atoms with van der Waals surface area (Å²) in [6.45, 7) is 0. The number of methoxy groups -OCH3 is 1. The Morgan fingerprint density at radius 1 is 1.00 bits per heavy atom. The van der Waals surface area contributed by atoms with E-state index in [0.717, 1.165) is 17.6 Å². The maximum Gasteiger partial charge on any atom is 0.433 e. The minimum absolute atomic E-state index is 0.211. The summed E-state index contributed by atoms with van der Waals surface area (Å²) < 4.78 is 43.1. The zero-order chi connectivity index (χ0) is 17.2. The van der Waals surface area contributed by atoms with Gasteiger partial charge in [0.15, 0.2) is 0 Å². The molecule has 0 saturated heterocycles. The molecule has 3 aromatic rings. The zero-order valence-corrected chi connectivity index (χ0v) is 12.4. The van der Waals surface area contributed by atoms with Crippen LogP contribution in [0, 0.1) is 11.8 Å². The minimum Gasteiger partial charge on any atom is -0.496 e. The summed E-state index contributed by atoms with van der Waals surface area (Å²) in [5.74, 6) is 5.65. The molecule has 0 aliphatic carbocycles. The van der Waals surface area contributed by atoms with Crippen molar-refractivity contribution in [3.05, 3.63) is 59.8 Å².